The number of guanidine groups is 1. The number of aryl methyl sites for hydroxylation is 1. The third-order valence-electron chi connectivity index (χ3n) is 5.08. The van der Waals surface area contributed by atoms with Crippen LogP contribution in [0.2, 0.25) is 0 Å². The second kappa shape index (κ2) is 10.1. The number of carbonyl (C=O) groups excluding carboxylic acids is 1. The first-order valence-electron chi connectivity index (χ1n) is 10.7. The highest BCUT2D eigenvalue weighted by Crippen LogP contribution is 2.27. The molecule has 4 heteroatoms. The Morgan fingerprint density at radius 1 is 0.931 bits per heavy atom. The summed E-state index contributed by atoms with van der Waals surface area (Å²) in [6.45, 7) is 8.25. The first kappa shape index (κ1) is 20.8. The number of rotatable bonds is 8. The first-order chi connectivity index (χ1) is 14.1. The van der Waals surface area contributed by atoms with E-state index < -0.39 is 0 Å². The zero-order chi connectivity index (χ0) is 20.6. The molecule has 1 amide bonds. The summed E-state index contributed by atoms with van der Waals surface area (Å²) in [6, 6.07) is 18.0. The van der Waals surface area contributed by atoms with Crippen LogP contribution in [0.1, 0.15) is 50.7 Å². The van der Waals surface area contributed by atoms with E-state index in [0.29, 0.717) is 5.70 Å². The zero-order valence-corrected chi connectivity index (χ0v) is 17.8. The SMILES string of the molecule is CCCCN(CCCC)C1=N/C(=C\c2ccccc2)C(=O)N1c1ccc(C)cc1. The lowest BCUT2D eigenvalue weighted by molar-refractivity contribution is -0.113. The maximum Gasteiger partial charge on any atom is 0.283 e. The Bertz CT molecular complexity index is 861. The number of nitrogens with zero attached hydrogens (tertiary/aromatic N) is 3. The molecule has 0 aliphatic carbocycles. The number of hydrogen-bond acceptors (Lipinski definition) is 3. The Kier molecular flexibility index (Phi) is 7.23. The summed E-state index contributed by atoms with van der Waals surface area (Å²) in [5, 5.41) is 0. The van der Waals surface area contributed by atoms with Crippen molar-refractivity contribution in [2.75, 3.05) is 18.0 Å². The molecule has 0 bridgehead atoms. The first-order valence-corrected chi connectivity index (χ1v) is 10.7. The van der Waals surface area contributed by atoms with Crippen LogP contribution < -0.4 is 4.90 Å². The van der Waals surface area contributed by atoms with Gasteiger partial charge in [-0.1, -0.05) is 74.7 Å². The molecule has 0 spiro atoms. The van der Waals surface area contributed by atoms with Gasteiger partial charge in [-0.2, -0.15) is 0 Å². The molecule has 0 unspecified atom stereocenters. The predicted molar refractivity (Wildman–Crippen MR) is 122 cm³/mol. The molecule has 152 valence electrons. The predicted octanol–water partition coefficient (Wildman–Crippen LogP) is 5.64. The molecule has 0 aromatic heterocycles. The van der Waals surface area contributed by atoms with Crippen LogP contribution in [0.3, 0.4) is 0 Å². The number of amides is 1. The van der Waals surface area contributed by atoms with Gasteiger partial charge in [0, 0.05) is 13.1 Å². The van der Waals surface area contributed by atoms with E-state index in [-0.39, 0.29) is 5.91 Å². The Morgan fingerprint density at radius 2 is 1.55 bits per heavy atom. The number of anilines is 1. The number of hydrogen-bond donors (Lipinski definition) is 0. The molecule has 3 rings (SSSR count). The maximum absolute atomic E-state index is 13.4. The molecule has 1 heterocycles. The standard InChI is InChI=1S/C25H31N3O/c1-4-6-17-27(18-7-5-2)25-26-23(19-21-11-9-8-10-12-21)24(29)28(25)22-15-13-20(3)14-16-22/h8-16,19H,4-7,17-18H2,1-3H3/b23-19-. The number of aliphatic imine (C=N–C) groups is 1. The Balaban J connectivity index is 2.01. The highest BCUT2D eigenvalue weighted by Gasteiger charge is 2.34. The van der Waals surface area contributed by atoms with Crippen molar-refractivity contribution in [3.05, 3.63) is 71.4 Å². The van der Waals surface area contributed by atoms with Crippen LogP contribution in [0.15, 0.2) is 65.3 Å². The van der Waals surface area contributed by atoms with Gasteiger partial charge in [-0.25, -0.2) is 9.89 Å². The fourth-order valence-electron chi connectivity index (χ4n) is 3.36. The summed E-state index contributed by atoms with van der Waals surface area (Å²) >= 11 is 0. The van der Waals surface area contributed by atoms with Gasteiger partial charge in [0.2, 0.25) is 5.96 Å². The van der Waals surface area contributed by atoms with Gasteiger partial charge >= 0.3 is 0 Å². The average Bonchev–Trinajstić information content (AvgIpc) is 3.05. The topological polar surface area (TPSA) is 35.9 Å². The smallest absolute Gasteiger partial charge is 0.283 e. The van der Waals surface area contributed by atoms with Gasteiger partial charge in [-0.15, -0.1) is 0 Å². The molecule has 4 nitrogen and oxygen atoms in total. The lowest BCUT2D eigenvalue weighted by Crippen LogP contribution is -2.45. The minimum Gasteiger partial charge on any atom is -0.342 e. The van der Waals surface area contributed by atoms with Crippen molar-refractivity contribution < 1.29 is 4.79 Å². The van der Waals surface area contributed by atoms with Crippen molar-refractivity contribution in [1.82, 2.24) is 4.90 Å². The monoisotopic (exact) mass is 389 g/mol. The number of carbonyl (C=O) groups is 1. The van der Waals surface area contributed by atoms with Crippen molar-refractivity contribution in [3.63, 3.8) is 0 Å². The Hall–Kier alpha value is -2.88. The fourth-order valence-corrected chi connectivity index (χ4v) is 3.36. The van der Waals surface area contributed by atoms with E-state index in [0.717, 1.165) is 56.0 Å². The van der Waals surface area contributed by atoms with Crippen molar-refractivity contribution in [1.29, 1.82) is 0 Å². The summed E-state index contributed by atoms with van der Waals surface area (Å²) in [4.78, 5) is 22.3. The fraction of sp³-hybridized carbons (Fsp3) is 0.360. The van der Waals surface area contributed by atoms with Crippen molar-refractivity contribution >= 4 is 23.6 Å². The van der Waals surface area contributed by atoms with Crippen LogP contribution in [0, 0.1) is 6.92 Å². The van der Waals surface area contributed by atoms with Crippen LogP contribution >= 0.6 is 0 Å². The summed E-state index contributed by atoms with van der Waals surface area (Å²) in [7, 11) is 0. The van der Waals surface area contributed by atoms with Crippen LogP contribution in [0.25, 0.3) is 6.08 Å². The summed E-state index contributed by atoms with van der Waals surface area (Å²) in [6.07, 6.45) is 6.27. The molecule has 2 aromatic carbocycles. The molecule has 29 heavy (non-hydrogen) atoms. The molecule has 0 atom stereocenters. The number of benzene rings is 2. The van der Waals surface area contributed by atoms with E-state index in [4.69, 9.17) is 4.99 Å². The van der Waals surface area contributed by atoms with Crippen LogP contribution in [-0.2, 0) is 4.79 Å². The third kappa shape index (κ3) is 5.14. The summed E-state index contributed by atoms with van der Waals surface area (Å²) in [5.41, 5.74) is 3.52. The van der Waals surface area contributed by atoms with Crippen LogP contribution in [-0.4, -0.2) is 29.9 Å². The van der Waals surface area contributed by atoms with E-state index >= 15 is 0 Å². The highest BCUT2D eigenvalue weighted by atomic mass is 16.2. The van der Waals surface area contributed by atoms with E-state index in [9.17, 15) is 4.79 Å². The second-order valence-corrected chi connectivity index (χ2v) is 7.52. The quantitative estimate of drug-likeness (QED) is 0.548. The Morgan fingerprint density at radius 3 is 2.14 bits per heavy atom. The molecule has 0 saturated carbocycles. The minimum atomic E-state index is -0.0642. The zero-order valence-electron chi connectivity index (χ0n) is 17.8. The lowest BCUT2D eigenvalue weighted by atomic mass is 10.2. The van der Waals surface area contributed by atoms with Crippen molar-refractivity contribution in [2.24, 2.45) is 4.99 Å². The summed E-state index contributed by atoms with van der Waals surface area (Å²) < 4.78 is 0. The molecule has 2 aromatic rings. The Labute approximate surface area is 174 Å². The molecule has 0 saturated heterocycles. The minimum absolute atomic E-state index is 0.0642. The van der Waals surface area contributed by atoms with E-state index in [1.807, 2.05) is 60.7 Å². The van der Waals surface area contributed by atoms with Gasteiger partial charge in [0.05, 0.1) is 5.69 Å². The molecular weight excluding hydrogens is 358 g/mol. The van der Waals surface area contributed by atoms with E-state index in [1.165, 1.54) is 5.56 Å². The molecule has 0 N–H and O–H groups in total. The molecule has 1 aliphatic heterocycles. The normalized spacial score (nSPS) is 15.1. The lowest BCUT2D eigenvalue weighted by Gasteiger charge is -2.29. The van der Waals surface area contributed by atoms with Gasteiger partial charge in [0.15, 0.2) is 0 Å². The van der Waals surface area contributed by atoms with Crippen molar-refractivity contribution in [3.8, 4) is 0 Å². The van der Waals surface area contributed by atoms with Gasteiger partial charge in [0.25, 0.3) is 5.91 Å². The molecular formula is C25H31N3O. The molecule has 0 fully saturated rings. The highest BCUT2D eigenvalue weighted by molar-refractivity contribution is 6.28. The maximum atomic E-state index is 13.4. The van der Waals surface area contributed by atoms with Crippen LogP contribution in [0.5, 0.6) is 0 Å². The second-order valence-electron chi connectivity index (χ2n) is 7.52. The third-order valence-corrected chi connectivity index (χ3v) is 5.08. The molecule has 1 aliphatic rings. The van der Waals surface area contributed by atoms with E-state index in [2.05, 4.69) is 25.7 Å². The number of unbranched alkanes of at least 4 members (excludes halogenated alkanes) is 2. The van der Waals surface area contributed by atoms with Crippen molar-refractivity contribution in [2.45, 2.75) is 46.5 Å². The van der Waals surface area contributed by atoms with Gasteiger partial charge in [-0.3, -0.25) is 4.79 Å². The average molecular weight is 390 g/mol. The molecule has 0 radical (unpaired) electrons. The van der Waals surface area contributed by atoms with Crippen LogP contribution in [0.4, 0.5) is 5.69 Å². The van der Waals surface area contributed by atoms with Gasteiger partial charge < -0.3 is 4.90 Å². The summed E-state index contributed by atoms with van der Waals surface area (Å²) in [5.74, 6) is 0.689. The van der Waals surface area contributed by atoms with E-state index in [1.54, 1.807) is 4.90 Å². The van der Waals surface area contributed by atoms with Gasteiger partial charge in [-0.05, 0) is 43.5 Å². The largest absolute Gasteiger partial charge is 0.342 e. The van der Waals surface area contributed by atoms with Gasteiger partial charge in [0.1, 0.15) is 5.70 Å².